The molecule has 1 N–H and O–H groups in total. The summed E-state index contributed by atoms with van der Waals surface area (Å²) in [6.45, 7) is 7.63. The molecule has 2 aromatic carbocycles. The normalized spacial score (nSPS) is 14.6. The summed E-state index contributed by atoms with van der Waals surface area (Å²) in [7, 11) is 0. The van der Waals surface area contributed by atoms with Crippen molar-refractivity contribution in [3.63, 3.8) is 0 Å². The van der Waals surface area contributed by atoms with E-state index < -0.39 is 0 Å². The van der Waals surface area contributed by atoms with Crippen molar-refractivity contribution in [3.05, 3.63) is 65.2 Å². The number of carbonyl (C=O) groups excluding carboxylic acids is 1. The molecule has 1 aliphatic rings. The lowest BCUT2D eigenvalue weighted by Gasteiger charge is -2.26. The quantitative estimate of drug-likeness (QED) is 0.673. The highest BCUT2D eigenvalue weighted by Gasteiger charge is 2.12. The number of hydrogen-bond donors (Lipinski definition) is 1. The Balaban J connectivity index is 1.53. The predicted molar refractivity (Wildman–Crippen MR) is 111 cm³/mol. The second-order valence-electron chi connectivity index (χ2n) is 7.12. The van der Waals surface area contributed by atoms with Crippen LogP contribution >= 0.6 is 0 Å². The minimum absolute atomic E-state index is 0.0545. The molecule has 0 bridgehead atoms. The zero-order valence-corrected chi connectivity index (χ0v) is 16.7. The van der Waals surface area contributed by atoms with E-state index in [9.17, 15) is 4.79 Å². The highest BCUT2D eigenvalue weighted by atomic mass is 16.5. The maximum absolute atomic E-state index is 12.6. The zero-order valence-electron chi connectivity index (χ0n) is 16.7. The smallest absolute Gasteiger partial charge is 0.251 e. The van der Waals surface area contributed by atoms with Crippen LogP contribution in [0.25, 0.3) is 0 Å². The van der Waals surface area contributed by atoms with Crippen LogP contribution in [0.15, 0.2) is 48.5 Å². The van der Waals surface area contributed by atoms with E-state index in [0.717, 1.165) is 69.2 Å². The van der Waals surface area contributed by atoms with Gasteiger partial charge in [0.25, 0.3) is 5.91 Å². The van der Waals surface area contributed by atoms with Crippen LogP contribution < -0.4 is 10.1 Å². The molecule has 0 saturated carbocycles. The number of benzene rings is 2. The van der Waals surface area contributed by atoms with Gasteiger partial charge in [-0.05, 0) is 41.8 Å². The molecule has 0 aliphatic carbocycles. The van der Waals surface area contributed by atoms with Crippen LogP contribution in [0.3, 0.4) is 0 Å². The van der Waals surface area contributed by atoms with Gasteiger partial charge in [0.2, 0.25) is 0 Å². The Morgan fingerprint density at radius 3 is 2.71 bits per heavy atom. The Kier molecular flexibility index (Phi) is 7.88. The van der Waals surface area contributed by atoms with Crippen LogP contribution in [0.5, 0.6) is 5.75 Å². The molecule has 0 unspecified atom stereocenters. The van der Waals surface area contributed by atoms with E-state index in [4.69, 9.17) is 9.47 Å². The fourth-order valence-electron chi connectivity index (χ4n) is 3.19. The third-order valence-electron chi connectivity index (χ3n) is 4.82. The van der Waals surface area contributed by atoms with Crippen LogP contribution in [-0.2, 0) is 17.8 Å². The maximum Gasteiger partial charge on any atom is 0.251 e. The van der Waals surface area contributed by atoms with Crippen molar-refractivity contribution in [1.29, 1.82) is 0 Å². The molecule has 1 saturated heterocycles. The van der Waals surface area contributed by atoms with Gasteiger partial charge in [-0.25, -0.2) is 0 Å². The van der Waals surface area contributed by atoms with Gasteiger partial charge < -0.3 is 14.8 Å². The second-order valence-corrected chi connectivity index (χ2v) is 7.12. The van der Waals surface area contributed by atoms with E-state index in [0.29, 0.717) is 12.1 Å². The molecule has 1 heterocycles. The van der Waals surface area contributed by atoms with Gasteiger partial charge >= 0.3 is 0 Å². The van der Waals surface area contributed by atoms with Crippen molar-refractivity contribution in [2.24, 2.45) is 0 Å². The average molecular weight is 383 g/mol. The standard InChI is InChI=1S/C23H30N2O3/c1-2-3-12-28-22-9-5-6-19(16-22)17-24-23(26)21-8-4-7-20(15-21)18-25-10-13-27-14-11-25/h4-9,15-16H,2-3,10-14,17-18H2,1H3,(H,24,26). The van der Waals surface area contributed by atoms with Crippen LogP contribution in [-0.4, -0.2) is 43.7 Å². The minimum atomic E-state index is -0.0545. The van der Waals surface area contributed by atoms with Crippen molar-refractivity contribution < 1.29 is 14.3 Å². The number of unbranched alkanes of at least 4 members (excludes halogenated alkanes) is 1. The van der Waals surface area contributed by atoms with Crippen LogP contribution in [0, 0.1) is 0 Å². The first-order valence-corrected chi connectivity index (χ1v) is 10.1. The predicted octanol–water partition coefficient (Wildman–Crippen LogP) is 3.63. The Hall–Kier alpha value is -2.37. The Morgan fingerprint density at radius 2 is 1.89 bits per heavy atom. The summed E-state index contributed by atoms with van der Waals surface area (Å²) >= 11 is 0. The zero-order chi connectivity index (χ0) is 19.6. The molecular formula is C23H30N2O3. The topological polar surface area (TPSA) is 50.8 Å². The summed E-state index contributed by atoms with van der Waals surface area (Å²) in [6.07, 6.45) is 2.15. The van der Waals surface area contributed by atoms with Gasteiger partial charge in [-0.2, -0.15) is 0 Å². The lowest BCUT2D eigenvalue weighted by Crippen LogP contribution is -2.35. The van der Waals surface area contributed by atoms with Crippen molar-refractivity contribution in [2.75, 3.05) is 32.9 Å². The number of amides is 1. The molecule has 5 heteroatoms. The van der Waals surface area contributed by atoms with Gasteiger partial charge in [0.15, 0.2) is 0 Å². The number of ether oxygens (including phenoxy) is 2. The summed E-state index contributed by atoms with van der Waals surface area (Å²) in [5.74, 6) is 0.800. The average Bonchev–Trinajstić information content (AvgIpc) is 2.73. The molecule has 0 atom stereocenters. The number of rotatable bonds is 9. The van der Waals surface area contributed by atoms with Crippen molar-refractivity contribution in [2.45, 2.75) is 32.9 Å². The first-order chi connectivity index (χ1) is 13.7. The highest BCUT2D eigenvalue weighted by molar-refractivity contribution is 5.94. The monoisotopic (exact) mass is 382 g/mol. The Morgan fingerprint density at radius 1 is 1.11 bits per heavy atom. The first kappa shape index (κ1) is 20.4. The van der Waals surface area contributed by atoms with Crippen LogP contribution in [0.1, 0.15) is 41.3 Å². The summed E-state index contributed by atoms with van der Waals surface area (Å²) in [5, 5.41) is 3.01. The molecule has 1 amide bonds. The Bertz CT molecular complexity index is 757. The SMILES string of the molecule is CCCCOc1cccc(CNC(=O)c2cccc(CN3CCOCC3)c2)c1. The van der Waals surface area contributed by atoms with Gasteiger partial charge in [-0.3, -0.25) is 9.69 Å². The number of nitrogens with one attached hydrogen (secondary N) is 1. The van der Waals surface area contributed by atoms with E-state index in [1.54, 1.807) is 0 Å². The molecule has 1 aliphatic heterocycles. The fourth-order valence-corrected chi connectivity index (χ4v) is 3.19. The maximum atomic E-state index is 12.6. The van der Waals surface area contributed by atoms with Gasteiger partial charge in [0, 0.05) is 31.7 Å². The Labute approximate surface area is 167 Å². The van der Waals surface area contributed by atoms with Crippen molar-refractivity contribution >= 4 is 5.91 Å². The molecule has 1 fully saturated rings. The number of hydrogen-bond acceptors (Lipinski definition) is 4. The van der Waals surface area contributed by atoms with Crippen molar-refractivity contribution in [1.82, 2.24) is 10.2 Å². The summed E-state index contributed by atoms with van der Waals surface area (Å²) in [6, 6.07) is 15.8. The first-order valence-electron chi connectivity index (χ1n) is 10.1. The van der Waals surface area contributed by atoms with Gasteiger partial charge in [0.05, 0.1) is 19.8 Å². The van der Waals surface area contributed by atoms with Gasteiger partial charge in [0.1, 0.15) is 5.75 Å². The summed E-state index contributed by atoms with van der Waals surface area (Å²) in [5.41, 5.74) is 2.88. The molecule has 3 rings (SSSR count). The third kappa shape index (κ3) is 6.36. The number of nitrogens with zero attached hydrogens (tertiary/aromatic N) is 1. The van der Waals surface area contributed by atoms with E-state index in [2.05, 4.69) is 23.2 Å². The largest absolute Gasteiger partial charge is 0.494 e. The fraction of sp³-hybridized carbons (Fsp3) is 0.435. The molecule has 0 aromatic heterocycles. The molecule has 28 heavy (non-hydrogen) atoms. The molecule has 0 radical (unpaired) electrons. The molecule has 5 nitrogen and oxygen atoms in total. The molecule has 2 aromatic rings. The highest BCUT2D eigenvalue weighted by Crippen LogP contribution is 2.14. The summed E-state index contributed by atoms with van der Waals surface area (Å²) < 4.78 is 11.1. The van der Waals surface area contributed by atoms with Crippen LogP contribution in [0.2, 0.25) is 0 Å². The van der Waals surface area contributed by atoms with Gasteiger partial charge in [-0.15, -0.1) is 0 Å². The minimum Gasteiger partial charge on any atom is -0.494 e. The lowest BCUT2D eigenvalue weighted by atomic mass is 10.1. The third-order valence-corrected chi connectivity index (χ3v) is 4.82. The number of morpholine rings is 1. The lowest BCUT2D eigenvalue weighted by molar-refractivity contribution is 0.0342. The molecular weight excluding hydrogens is 352 g/mol. The van der Waals surface area contributed by atoms with E-state index in [1.807, 2.05) is 42.5 Å². The van der Waals surface area contributed by atoms with E-state index in [-0.39, 0.29) is 5.91 Å². The summed E-state index contributed by atoms with van der Waals surface area (Å²) in [4.78, 5) is 14.9. The second kappa shape index (κ2) is 10.8. The number of carbonyl (C=O) groups is 1. The van der Waals surface area contributed by atoms with E-state index in [1.165, 1.54) is 0 Å². The van der Waals surface area contributed by atoms with Crippen molar-refractivity contribution in [3.8, 4) is 5.75 Å². The molecule has 0 spiro atoms. The van der Waals surface area contributed by atoms with Crippen LogP contribution in [0.4, 0.5) is 0 Å². The van der Waals surface area contributed by atoms with Gasteiger partial charge in [-0.1, -0.05) is 37.6 Å². The van der Waals surface area contributed by atoms with E-state index >= 15 is 0 Å². The molecule has 150 valence electrons.